The van der Waals surface area contributed by atoms with E-state index in [1.807, 2.05) is 35.2 Å². The number of H-pyrrole nitrogens is 1. The van der Waals surface area contributed by atoms with Crippen LogP contribution in [0.2, 0.25) is 0 Å². The summed E-state index contributed by atoms with van der Waals surface area (Å²) in [6, 6.07) is 12.5. The lowest BCUT2D eigenvalue weighted by atomic mass is 9.95. The first kappa shape index (κ1) is 22.7. The van der Waals surface area contributed by atoms with Crippen LogP contribution in [0.5, 0.6) is 17.2 Å². The molecule has 0 fully saturated rings. The molecule has 4 rings (SSSR count). The van der Waals surface area contributed by atoms with E-state index in [2.05, 4.69) is 31.0 Å². The van der Waals surface area contributed by atoms with Crippen molar-refractivity contribution in [1.82, 2.24) is 15.1 Å². The molecule has 1 aliphatic rings. The van der Waals surface area contributed by atoms with Gasteiger partial charge in [0.05, 0.1) is 19.8 Å². The third-order valence-corrected chi connectivity index (χ3v) is 5.85. The molecular formula is C26H31N3O4. The number of nitrogens with one attached hydrogen (secondary N) is 1. The number of ether oxygens (including phenoxy) is 2. The van der Waals surface area contributed by atoms with Gasteiger partial charge in [0.1, 0.15) is 17.1 Å². The van der Waals surface area contributed by atoms with Crippen LogP contribution in [0, 0.1) is 5.92 Å². The lowest BCUT2D eigenvalue weighted by Crippen LogP contribution is -2.30. The van der Waals surface area contributed by atoms with E-state index in [9.17, 15) is 9.90 Å². The second-order valence-electron chi connectivity index (χ2n) is 8.75. The molecule has 0 unspecified atom stereocenters. The highest BCUT2D eigenvalue weighted by molar-refractivity contribution is 6.00. The van der Waals surface area contributed by atoms with Gasteiger partial charge in [-0.05, 0) is 42.2 Å². The van der Waals surface area contributed by atoms with E-state index in [0.29, 0.717) is 47.5 Å². The van der Waals surface area contributed by atoms with Crippen molar-refractivity contribution in [3.8, 4) is 28.5 Å². The smallest absolute Gasteiger partial charge is 0.273 e. The number of carbonyl (C=O) groups is 1. The molecule has 2 aromatic carbocycles. The Labute approximate surface area is 194 Å². The number of aromatic amines is 1. The molecule has 0 bridgehead atoms. The summed E-state index contributed by atoms with van der Waals surface area (Å²) < 4.78 is 11.6. The number of benzene rings is 2. The summed E-state index contributed by atoms with van der Waals surface area (Å²) in [5.74, 6) is 1.72. The molecular weight excluding hydrogens is 418 g/mol. The molecule has 1 atom stereocenters. The van der Waals surface area contributed by atoms with Gasteiger partial charge in [-0.3, -0.25) is 9.89 Å². The van der Waals surface area contributed by atoms with Crippen molar-refractivity contribution in [3.05, 3.63) is 59.3 Å². The van der Waals surface area contributed by atoms with E-state index in [4.69, 9.17) is 9.47 Å². The number of para-hydroxylation sites is 1. The van der Waals surface area contributed by atoms with Gasteiger partial charge in [0.2, 0.25) is 0 Å². The highest BCUT2D eigenvalue weighted by atomic mass is 16.5. The molecule has 7 heteroatoms. The summed E-state index contributed by atoms with van der Waals surface area (Å²) in [5, 5.41) is 17.8. The molecule has 0 radical (unpaired) electrons. The minimum atomic E-state index is -0.347. The molecule has 3 aromatic rings. The highest BCUT2D eigenvalue weighted by Gasteiger charge is 2.42. The maximum atomic E-state index is 13.4. The molecule has 2 heterocycles. The third kappa shape index (κ3) is 4.27. The number of hydrogen-bond acceptors (Lipinski definition) is 5. The van der Waals surface area contributed by atoms with Crippen molar-refractivity contribution in [3.63, 3.8) is 0 Å². The van der Waals surface area contributed by atoms with E-state index in [0.717, 1.165) is 24.0 Å². The first-order chi connectivity index (χ1) is 16.0. The maximum Gasteiger partial charge on any atom is 0.273 e. The summed E-state index contributed by atoms with van der Waals surface area (Å²) >= 11 is 0. The van der Waals surface area contributed by atoms with Gasteiger partial charge >= 0.3 is 0 Å². The molecule has 33 heavy (non-hydrogen) atoms. The zero-order chi connectivity index (χ0) is 23.5. The number of phenols is 1. The molecule has 0 spiro atoms. The Bertz CT molecular complexity index is 1140. The predicted molar refractivity (Wildman–Crippen MR) is 127 cm³/mol. The number of nitrogens with zero attached hydrogens (tertiary/aromatic N) is 2. The summed E-state index contributed by atoms with van der Waals surface area (Å²) in [5.41, 5.74) is 3.32. The van der Waals surface area contributed by atoms with E-state index in [-0.39, 0.29) is 17.7 Å². The van der Waals surface area contributed by atoms with Crippen LogP contribution < -0.4 is 9.47 Å². The fraction of sp³-hybridized carbons (Fsp3) is 0.385. The normalized spacial score (nSPS) is 15.2. The molecule has 0 aliphatic carbocycles. The second-order valence-corrected chi connectivity index (χ2v) is 8.75. The van der Waals surface area contributed by atoms with E-state index >= 15 is 0 Å². The summed E-state index contributed by atoms with van der Waals surface area (Å²) in [6.07, 6.45) is 1.86. The first-order valence-corrected chi connectivity index (χ1v) is 11.4. The van der Waals surface area contributed by atoms with Crippen LogP contribution in [0.3, 0.4) is 0 Å². The van der Waals surface area contributed by atoms with Gasteiger partial charge in [0, 0.05) is 17.7 Å². The number of phenolic OH excluding ortho intramolecular Hbond substituents is 1. The second kappa shape index (κ2) is 9.57. The molecule has 0 saturated heterocycles. The Morgan fingerprint density at radius 3 is 2.67 bits per heavy atom. The number of unbranched alkanes of at least 4 members (excludes halogenated alkanes) is 1. The SMILES string of the molecule is CCCCN1C(=O)c2[nH]nc(-c3ccccc3O)c2[C@@H]1c1ccc(OCC(C)C)c(OC)c1. The predicted octanol–water partition coefficient (Wildman–Crippen LogP) is 5.17. The largest absolute Gasteiger partial charge is 0.507 e. The average Bonchev–Trinajstić information content (AvgIpc) is 3.35. The van der Waals surface area contributed by atoms with Crippen molar-refractivity contribution in [2.24, 2.45) is 5.92 Å². The Morgan fingerprint density at radius 2 is 1.97 bits per heavy atom. The van der Waals surface area contributed by atoms with Crippen LogP contribution in [-0.2, 0) is 0 Å². The van der Waals surface area contributed by atoms with Crippen molar-refractivity contribution in [2.45, 2.75) is 39.7 Å². The van der Waals surface area contributed by atoms with Crippen LogP contribution in [0.15, 0.2) is 42.5 Å². The number of hydrogen-bond donors (Lipinski definition) is 2. The monoisotopic (exact) mass is 449 g/mol. The number of methoxy groups -OCH3 is 1. The van der Waals surface area contributed by atoms with Gasteiger partial charge in [-0.2, -0.15) is 5.10 Å². The van der Waals surface area contributed by atoms with Crippen LogP contribution in [-0.4, -0.2) is 46.4 Å². The summed E-state index contributed by atoms with van der Waals surface area (Å²) in [6.45, 7) is 7.50. The van der Waals surface area contributed by atoms with Gasteiger partial charge in [-0.25, -0.2) is 0 Å². The van der Waals surface area contributed by atoms with Gasteiger partial charge in [-0.15, -0.1) is 0 Å². The van der Waals surface area contributed by atoms with Crippen LogP contribution >= 0.6 is 0 Å². The standard InChI is InChI=1S/C26H31N3O4/c1-5-6-13-29-25(17-11-12-20(21(14-17)32-4)33-15-16(2)3)22-23(27-28-24(22)26(29)31)18-9-7-8-10-19(18)30/h7-12,14,16,25,30H,5-6,13,15H2,1-4H3,(H,27,28)/t25-/m0/s1. The number of fused-ring (bicyclic) bond motifs is 1. The van der Waals surface area contributed by atoms with Gasteiger partial charge in [0.15, 0.2) is 11.5 Å². The number of amides is 1. The topological polar surface area (TPSA) is 87.7 Å². The Morgan fingerprint density at radius 1 is 1.18 bits per heavy atom. The van der Waals surface area contributed by atoms with E-state index in [1.165, 1.54) is 0 Å². The van der Waals surface area contributed by atoms with E-state index < -0.39 is 0 Å². The lowest BCUT2D eigenvalue weighted by molar-refractivity contribution is 0.0741. The van der Waals surface area contributed by atoms with Gasteiger partial charge < -0.3 is 19.5 Å². The summed E-state index contributed by atoms with van der Waals surface area (Å²) in [4.78, 5) is 15.2. The van der Waals surface area contributed by atoms with Crippen molar-refractivity contribution in [1.29, 1.82) is 0 Å². The quantitative estimate of drug-likeness (QED) is 0.470. The molecule has 7 nitrogen and oxygen atoms in total. The molecule has 2 N–H and O–H groups in total. The number of carbonyl (C=O) groups excluding carboxylic acids is 1. The minimum Gasteiger partial charge on any atom is -0.507 e. The van der Waals surface area contributed by atoms with Crippen LogP contribution in [0.4, 0.5) is 0 Å². The molecule has 1 amide bonds. The molecule has 1 aliphatic heterocycles. The number of aromatic hydroxyl groups is 1. The average molecular weight is 450 g/mol. The van der Waals surface area contributed by atoms with Crippen LogP contribution in [0.25, 0.3) is 11.3 Å². The maximum absolute atomic E-state index is 13.4. The number of aromatic nitrogens is 2. The molecule has 0 saturated carbocycles. The summed E-state index contributed by atoms with van der Waals surface area (Å²) in [7, 11) is 1.62. The van der Waals surface area contributed by atoms with Crippen molar-refractivity contribution >= 4 is 5.91 Å². The zero-order valence-electron chi connectivity index (χ0n) is 19.6. The Kier molecular flexibility index (Phi) is 6.58. The Balaban J connectivity index is 1.82. The third-order valence-electron chi connectivity index (χ3n) is 5.85. The minimum absolute atomic E-state index is 0.0864. The number of rotatable bonds is 9. The van der Waals surface area contributed by atoms with E-state index in [1.54, 1.807) is 19.2 Å². The Hall–Kier alpha value is -3.48. The van der Waals surface area contributed by atoms with Gasteiger partial charge in [-0.1, -0.05) is 45.4 Å². The van der Waals surface area contributed by atoms with Gasteiger partial charge in [0.25, 0.3) is 5.91 Å². The van der Waals surface area contributed by atoms with Crippen molar-refractivity contribution in [2.75, 3.05) is 20.3 Å². The van der Waals surface area contributed by atoms with Crippen molar-refractivity contribution < 1.29 is 19.4 Å². The fourth-order valence-electron chi connectivity index (χ4n) is 4.21. The molecule has 1 aromatic heterocycles. The highest BCUT2D eigenvalue weighted by Crippen LogP contribution is 2.45. The fourth-order valence-corrected chi connectivity index (χ4v) is 4.21. The zero-order valence-corrected chi connectivity index (χ0v) is 19.6. The molecule has 174 valence electrons. The first-order valence-electron chi connectivity index (χ1n) is 11.4. The lowest BCUT2D eigenvalue weighted by Gasteiger charge is -2.27. The van der Waals surface area contributed by atoms with Crippen LogP contribution in [0.1, 0.15) is 61.3 Å².